The van der Waals surface area contributed by atoms with Crippen molar-refractivity contribution in [1.82, 2.24) is 5.06 Å². The lowest BCUT2D eigenvalue weighted by atomic mass is 10.2. The van der Waals surface area contributed by atoms with Crippen LogP contribution in [0.15, 0.2) is 40.3 Å². The number of aliphatic imine (C=N–C) groups is 2. The number of ether oxygens (including phenoxy) is 1. The lowest BCUT2D eigenvalue weighted by Gasteiger charge is -2.36. The monoisotopic (exact) mass is 277 g/mol. The minimum absolute atomic E-state index is 0.146. The Morgan fingerprint density at radius 1 is 1.15 bits per heavy atom. The molecule has 0 aliphatic carbocycles. The van der Waals surface area contributed by atoms with Gasteiger partial charge in [-0.05, 0) is 26.0 Å². The lowest BCUT2D eigenvalue weighted by Crippen LogP contribution is -2.54. The summed E-state index contributed by atoms with van der Waals surface area (Å²) in [6, 6.07) is 9.51. The number of nitrogens with zero attached hydrogens (tertiary/aromatic N) is 3. The van der Waals surface area contributed by atoms with Crippen LogP contribution < -0.4 is 16.2 Å². The number of nitrogens with two attached hydrogens (primary N) is 2. The topological polar surface area (TPSA) is 98.5 Å². The molecule has 7 heteroatoms. The molecule has 0 fully saturated rings. The second-order valence-corrected chi connectivity index (χ2v) is 4.72. The van der Waals surface area contributed by atoms with Gasteiger partial charge in [-0.2, -0.15) is 10.1 Å². The average Bonchev–Trinajstić information content (AvgIpc) is 2.37. The maximum atomic E-state index is 5.79. The van der Waals surface area contributed by atoms with Crippen molar-refractivity contribution in [1.29, 1.82) is 0 Å². The van der Waals surface area contributed by atoms with Gasteiger partial charge in [0, 0.05) is 0 Å². The molecular weight excluding hydrogens is 258 g/mol. The van der Waals surface area contributed by atoms with Crippen molar-refractivity contribution < 1.29 is 9.57 Å². The smallest absolute Gasteiger partial charge is 0.226 e. The van der Waals surface area contributed by atoms with Gasteiger partial charge in [0.05, 0.1) is 0 Å². The lowest BCUT2D eigenvalue weighted by molar-refractivity contribution is -0.161. The van der Waals surface area contributed by atoms with E-state index in [1.807, 2.05) is 44.2 Å². The zero-order valence-corrected chi connectivity index (χ0v) is 11.6. The highest BCUT2D eigenvalue weighted by Gasteiger charge is 2.32. The van der Waals surface area contributed by atoms with Crippen LogP contribution in [0.3, 0.4) is 0 Å². The first kappa shape index (κ1) is 14.1. The van der Waals surface area contributed by atoms with Gasteiger partial charge in [0.25, 0.3) is 0 Å². The Kier molecular flexibility index (Phi) is 4.09. The first-order chi connectivity index (χ1) is 9.49. The summed E-state index contributed by atoms with van der Waals surface area (Å²) in [6.07, 6.45) is 0. The fourth-order valence-electron chi connectivity index (χ4n) is 1.82. The standard InChI is InChI=1S/C13H19N5O2/c1-13(2)17-11(14)16-12(15)18(13)20-9-8-19-10-6-4-3-5-7-10/h3-7H,8-9H2,1-2H3,(H4,14,15,16,17). The van der Waals surface area contributed by atoms with Gasteiger partial charge in [0.2, 0.25) is 11.9 Å². The van der Waals surface area contributed by atoms with E-state index >= 15 is 0 Å². The third-order valence-corrected chi connectivity index (χ3v) is 2.64. The van der Waals surface area contributed by atoms with Crippen LogP contribution >= 0.6 is 0 Å². The molecule has 1 aliphatic rings. The molecular formula is C13H19N5O2. The Labute approximate surface area is 117 Å². The summed E-state index contributed by atoms with van der Waals surface area (Å²) in [4.78, 5) is 13.6. The predicted octanol–water partition coefficient (Wildman–Crippen LogP) is 0.678. The number of hydrogen-bond donors (Lipinski definition) is 2. The Bertz CT molecular complexity index is 513. The summed E-state index contributed by atoms with van der Waals surface area (Å²) in [5.74, 6) is 1.12. The molecule has 4 N–H and O–H groups in total. The highest BCUT2D eigenvalue weighted by Crippen LogP contribution is 2.19. The molecule has 0 bridgehead atoms. The Hall–Kier alpha value is -2.28. The van der Waals surface area contributed by atoms with E-state index in [2.05, 4.69) is 9.98 Å². The van der Waals surface area contributed by atoms with Crippen LogP contribution in [0.2, 0.25) is 0 Å². The Balaban J connectivity index is 1.84. The second-order valence-electron chi connectivity index (χ2n) is 4.72. The zero-order chi connectivity index (χ0) is 14.6. The van der Waals surface area contributed by atoms with Crippen molar-refractivity contribution in [2.24, 2.45) is 21.5 Å². The molecule has 1 aromatic rings. The molecule has 1 heterocycles. The minimum Gasteiger partial charge on any atom is -0.491 e. The maximum Gasteiger partial charge on any atom is 0.226 e. The van der Waals surface area contributed by atoms with Crippen LogP contribution in [0.4, 0.5) is 0 Å². The first-order valence-electron chi connectivity index (χ1n) is 6.29. The van der Waals surface area contributed by atoms with Crippen LogP contribution in [-0.4, -0.2) is 35.9 Å². The van der Waals surface area contributed by atoms with Gasteiger partial charge in [-0.15, -0.1) is 0 Å². The van der Waals surface area contributed by atoms with Crippen molar-refractivity contribution >= 4 is 11.9 Å². The van der Waals surface area contributed by atoms with Crippen LogP contribution in [0, 0.1) is 0 Å². The van der Waals surface area contributed by atoms with E-state index in [4.69, 9.17) is 21.0 Å². The van der Waals surface area contributed by atoms with E-state index in [9.17, 15) is 0 Å². The highest BCUT2D eigenvalue weighted by atomic mass is 16.7. The quantitative estimate of drug-likeness (QED) is 0.771. The summed E-state index contributed by atoms with van der Waals surface area (Å²) >= 11 is 0. The van der Waals surface area contributed by atoms with Gasteiger partial charge >= 0.3 is 0 Å². The Morgan fingerprint density at radius 2 is 1.85 bits per heavy atom. The van der Waals surface area contributed by atoms with Gasteiger partial charge in [-0.25, -0.2) is 4.99 Å². The van der Waals surface area contributed by atoms with Crippen LogP contribution in [0.25, 0.3) is 0 Å². The molecule has 0 saturated heterocycles. The molecule has 108 valence electrons. The molecule has 0 aromatic heterocycles. The maximum absolute atomic E-state index is 5.79. The number of benzene rings is 1. The SMILES string of the molecule is CC1(C)N=C(N)N=C(N)N1OCCOc1ccccc1. The first-order valence-corrected chi connectivity index (χ1v) is 6.29. The third-order valence-electron chi connectivity index (χ3n) is 2.64. The summed E-state index contributed by atoms with van der Waals surface area (Å²) < 4.78 is 5.53. The van der Waals surface area contributed by atoms with Crippen molar-refractivity contribution in [3.8, 4) is 5.75 Å². The number of guanidine groups is 2. The van der Waals surface area contributed by atoms with Crippen LogP contribution in [-0.2, 0) is 4.84 Å². The van der Waals surface area contributed by atoms with E-state index in [1.165, 1.54) is 5.06 Å². The van der Waals surface area contributed by atoms with Crippen LogP contribution in [0.1, 0.15) is 13.8 Å². The van der Waals surface area contributed by atoms with Crippen molar-refractivity contribution in [2.75, 3.05) is 13.2 Å². The predicted molar refractivity (Wildman–Crippen MR) is 77.1 cm³/mol. The zero-order valence-electron chi connectivity index (χ0n) is 11.6. The fraction of sp³-hybridized carbons (Fsp3) is 0.385. The van der Waals surface area contributed by atoms with Crippen LogP contribution in [0.5, 0.6) is 5.75 Å². The third kappa shape index (κ3) is 3.39. The number of rotatable bonds is 5. The highest BCUT2D eigenvalue weighted by molar-refractivity contribution is 5.95. The van der Waals surface area contributed by atoms with E-state index in [0.29, 0.717) is 13.2 Å². The summed E-state index contributed by atoms with van der Waals surface area (Å²) in [5, 5.41) is 1.43. The van der Waals surface area contributed by atoms with Gasteiger partial charge in [0.15, 0.2) is 5.66 Å². The van der Waals surface area contributed by atoms with Gasteiger partial charge in [-0.1, -0.05) is 18.2 Å². The minimum atomic E-state index is -0.692. The van der Waals surface area contributed by atoms with E-state index in [1.54, 1.807) is 0 Å². The molecule has 7 nitrogen and oxygen atoms in total. The molecule has 0 radical (unpaired) electrons. The summed E-state index contributed by atoms with van der Waals surface area (Å²) in [5.41, 5.74) is 10.7. The average molecular weight is 277 g/mol. The summed E-state index contributed by atoms with van der Waals surface area (Å²) in [6.45, 7) is 4.38. The molecule has 2 rings (SSSR count). The number of para-hydroxylation sites is 1. The second kappa shape index (κ2) is 5.79. The molecule has 0 amide bonds. The molecule has 0 saturated carbocycles. The number of hydroxylamine groups is 2. The molecule has 0 atom stereocenters. The fourth-order valence-corrected chi connectivity index (χ4v) is 1.82. The van der Waals surface area contributed by atoms with E-state index in [-0.39, 0.29) is 11.9 Å². The molecule has 1 aliphatic heterocycles. The largest absolute Gasteiger partial charge is 0.491 e. The normalized spacial score (nSPS) is 17.4. The van der Waals surface area contributed by atoms with Gasteiger partial charge in [0.1, 0.15) is 19.0 Å². The molecule has 1 aromatic carbocycles. The van der Waals surface area contributed by atoms with E-state index in [0.717, 1.165) is 5.75 Å². The molecule has 0 unspecified atom stereocenters. The summed E-state index contributed by atoms with van der Waals surface area (Å²) in [7, 11) is 0. The number of hydrogen-bond acceptors (Lipinski definition) is 7. The van der Waals surface area contributed by atoms with Gasteiger partial charge in [-0.3, -0.25) is 4.84 Å². The van der Waals surface area contributed by atoms with Crippen molar-refractivity contribution in [3.05, 3.63) is 30.3 Å². The van der Waals surface area contributed by atoms with E-state index < -0.39 is 5.66 Å². The van der Waals surface area contributed by atoms with Gasteiger partial charge < -0.3 is 16.2 Å². The van der Waals surface area contributed by atoms with Crippen molar-refractivity contribution in [2.45, 2.75) is 19.5 Å². The van der Waals surface area contributed by atoms with Crippen molar-refractivity contribution in [3.63, 3.8) is 0 Å². The molecule has 0 spiro atoms. The molecule has 20 heavy (non-hydrogen) atoms. The Morgan fingerprint density at radius 3 is 2.50 bits per heavy atom.